The van der Waals surface area contributed by atoms with E-state index in [1.807, 2.05) is 0 Å². The number of ether oxygens (including phenoxy) is 1. The Morgan fingerprint density at radius 2 is 1.77 bits per heavy atom. The van der Waals surface area contributed by atoms with Crippen molar-refractivity contribution in [2.45, 2.75) is 26.2 Å². The molecule has 78 valence electrons. The molecule has 0 aliphatic carbocycles. The van der Waals surface area contributed by atoms with Gasteiger partial charge in [0.1, 0.15) is 6.10 Å². The van der Waals surface area contributed by atoms with Crippen LogP contribution in [0, 0.1) is 0 Å². The molecule has 0 saturated carbocycles. The molecule has 0 aromatic rings. The zero-order chi connectivity index (χ0) is 11.0. The topological polar surface area (TPSA) is 87.0 Å². The van der Waals surface area contributed by atoms with Crippen molar-refractivity contribution >= 4 is 5.97 Å². The molecule has 0 amide bonds. The number of aliphatic carboxylic acids is 1. The van der Waals surface area contributed by atoms with Gasteiger partial charge in [-0.15, -0.1) is 0 Å². The van der Waals surface area contributed by atoms with E-state index < -0.39 is 18.4 Å². The number of carboxylic acid groups (broad SMARTS) is 1. The van der Waals surface area contributed by atoms with Gasteiger partial charge in [0.2, 0.25) is 0 Å². The molecule has 0 saturated heterocycles. The number of methoxy groups -OCH3 is 1. The number of hydrogen-bond acceptors (Lipinski definition) is 4. The van der Waals surface area contributed by atoms with Crippen LogP contribution in [0.25, 0.3) is 0 Å². The van der Waals surface area contributed by atoms with Crippen LogP contribution in [0.2, 0.25) is 0 Å². The molecular formula is C8H16O5. The van der Waals surface area contributed by atoms with Gasteiger partial charge in [0.05, 0.1) is 0 Å². The highest BCUT2D eigenvalue weighted by Gasteiger charge is 2.06. The molecule has 5 nitrogen and oxygen atoms in total. The van der Waals surface area contributed by atoms with Gasteiger partial charge in [-0.1, -0.05) is 6.58 Å². The maximum absolute atomic E-state index is 9.60. The van der Waals surface area contributed by atoms with E-state index in [0.717, 1.165) is 0 Å². The maximum atomic E-state index is 9.60. The normalized spacial score (nSPS) is 13.6. The summed E-state index contributed by atoms with van der Waals surface area (Å²) in [6.07, 6.45) is -1.84. The van der Waals surface area contributed by atoms with Crippen molar-refractivity contribution in [3.63, 3.8) is 0 Å². The molecule has 0 bridgehead atoms. The summed E-state index contributed by atoms with van der Waals surface area (Å²) in [7, 11) is 1.33. The first-order chi connectivity index (χ1) is 5.82. The highest BCUT2D eigenvalue weighted by molar-refractivity contribution is 5.84. The average molecular weight is 192 g/mol. The third-order valence-electron chi connectivity index (χ3n) is 1.02. The summed E-state index contributed by atoms with van der Waals surface area (Å²) in [6, 6.07) is 0. The second-order valence-electron chi connectivity index (χ2n) is 2.45. The molecule has 0 aliphatic heterocycles. The Hall–Kier alpha value is -0.910. The van der Waals surface area contributed by atoms with Gasteiger partial charge in [-0.25, -0.2) is 4.79 Å². The fraction of sp³-hybridized carbons (Fsp3) is 0.625. The predicted molar refractivity (Wildman–Crippen MR) is 47.1 cm³/mol. The number of carbonyl (C=O) groups is 1. The summed E-state index contributed by atoms with van der Waals surface area (Å²) in [4.78, 5) is 9.60. The van der Waals surface area contributed by atoms with Crippen LogP contribution in [0.5, 0.6) is 0 Å². The van der Waals surface area contributed by atoms with Crippen molar-refractivity contribution in [1.82, 2.24) is 0 Å². The molecule has 0 aromatic carbocycles. The SMILES string of the molecule is C=C(C)C(=O)O.COC(O)C(C)O. The summed E-state index contributed by atoms with van der Waals surface area (Å²) in [5.74, 6) is -0.935. The molecule has 0 radical (unpaired) electrons. The lowest BCUT2D eigenvalue weighted by Gasteiger charge is -2.09. The van der Waals surface area contributed by atoms with Crippen LogP contribution < -0.4 is 0 Å². The van der Waals surface area contributed by atoms with Gasteiger partial charge in [0.15, 0.2) is 6.29 Å². The van der Waals surface area contributed by atoms with E-state index >= 15 is 0 Å². The number of aliphatic hydroxyl groups excluding tert-OH is 2. The van der Waals surface area contributed by atoms with Crippen LogP contribution in [-0.2, 0) is 9.53 Å². The van der Waals surface area contributed by atoms with E-state index in [4.69, 9.17) is 15.3 Å². The van der Waals surface area contributed by atoms with Gasteiger partial charge in [-0.3, -0.25) is 0 Å². The summed E-state index contributed by atoms with van der Waals surface area (Å²) >= 11 is 0. The Bertz CT molecular complexity index is 152. The molecule has 0 heterocycles. The Kier molecular flexibility index (Phi) is 8.68. The van der Waals surface area contributed by atoms with Crippen molar-refractivity contribution in [3.05, 3.63) is 12.2 Å². The minimum absolute atomic E-state index is 0.176. The van der Waals surface area contributed by atoms with Gasteiger partial charge in [-0.05, 0) is 13.8 Å². The fourth-order valence-corrected chi connectivity index (χ4v) is 0.197. The van der Waals surface area contributed by atoms with Crippen LogP contribution in [0.1, 0.15) is 13.8 Å². The maximum Gasteiger partial charge on any atom is 0.330 e. The number of hydrogen-bond donors (Lipinski definition) is 3. The molecule has 3 N–H and O–H groups in total. The summed E-state index contributed by atoms with van der Waals surface area (Å²) in [5.41, 5.74) is 0.176. The largest absolute Gasteiger partial charge is 0.478 e. The van der Waals surface area contributed by atoms with Crippen molar-refractivity contribution in [1.29, 1.82) is 0 Å². The minimum Gasteiger partial charge on any atom is -0.478 e. The van der Waals surface area contributed by atoms with E-state index in [9.17, 15) is 4.79 Å². The molecule has 0 aromatic heterocycles. The van der Waals surface area contributed by atoms with E-state index in [1.54, 1.807) is 0 Å². The molecule has 0 spiro atoms. The van der Waals surface area contributed by atoms with Crippen LogP contribution in [0.3, 0.4) is 0 Å². The van der Waals surface area contributed by atoms with Gasteiger partial charge in [0, 0.05) is 12.7 Å². The molecule has 2 unspecified atom stereocenters. The monoisotopic (exact) mass is 192 g/mol. The van der Waals surface area contributed by atoms with E-state index in [2.05, 4.69) is 11.3 Å². The first-order valence-electron chi connectivity index (χ1n) is 3.60. The number of carboxylic acids is 1. The van der Waals surface area contributed by atoms with Crippen molar-refractivity contribution in [3.8, 4) is 0 Å². The molecular weight excluding hydrogens is 176 g/mol. The average Bonchev–Trinajstić information content (AvgIpc) is 2.03. The Morgan fingerprint density at radius 1 is 1.46 bits per heavy atom. The highest BCUT2D eigenvalue weighted by atomic mass is 16.6. The van der Waals surface area contributed by atoms with Crippen molar-refractivity contribution < 1.29 is 24.9 Å². The second-order valence-corrected chi connectivity index (χ2v) is 2.45. The Balaban J connectivity index is 0. The zero-order valence-electron chi connectivity index (χ0n) is 8.02. The van der Waals surface area contributed by atoms with Crippen LogP contribution >= 0.6 is 0 Å². The number of rotatable bonds is 3. The van der Waals surface area contributed by atoms with Gasteiger partial charge >= 0.3 is 5.97 Å². The van der Waals surface area contributed by atoms with Gasteiger partial charge in [-0.2, -0.15) is 0 Å². The molecule has 0 aliphatic rings. The number of aliphatic hydroxyl groups is 2. The lowest BCUT2D eigenvalue weighted by Crippen LogP contribution is -2.23. The van der Waals surface area contributed by atoms with Crippen molar-refractivity contribution in [2.75, 3.05) is 7.11 Å². The molecule has 2 atom stereocenters. The third kappa shape index (κ3) is 11.1. The summed E-state index contributed by atoms with van der Waals surface area (Å²) < 4.78 is 4.32. The molecule has 0 rings (SSSR count). The second kappa shape index (κ2) is 7.72. The van der Waals surface area contributed by atoms with E-state index in [1.165, 1.54) is 21.0 Å². The Labute approximate surface area is 77.3 Å². The first kappa shape index (κ1) is 14.6. The molecule has 5 heteroatoms. The van der Waals surface area contributed by atoms with Gasteiger partial charge < -0.3 is 20.1 Å². The van der Waals surface area contributed by atoms with Crippen molar-refractivity contribution in [2.24, 2.45) is 0 Å². The Morgan fingerprint density at radius 3 is 1.77 bits per heavy atom. The zero-order valence-corrected chi connectivity index (χ0v) is 8.02. The highest BCUT2D eigenvalue weighted by Crippen LogP contribution is 1.89. The fourth-order valence-electron chi connectivity index (χ4n) is 0.197. The standard InChI is InChI=1S/C4H10O3.C4H6O2/c1-3(5)4(6)7-2;1-3(2)4(5)6/h3-6H,1-2H3;1H2,2H3,(H,5,6). The van der Waals surface area contributed by atoms with Crippen LogP contribution in [0.15, 0.2) is 12.2 Å². The third-order valence-corrected chi connectivity index (χ3v) is 1.02. The lowest BCUT2D eigenvalue weighted by atomic mass is 10.4. The molecule has 13 heavy (non-hydrogen) atoms. The van der Waals surface area contributed by atoms with Gasteiger partial charge in [0.25, 0.3) is 0 Å². The smallest absolute Gasteiger partial charge is 0.330 e. The lowest BCUT2D eigenvalue weighted by molar-refractivity contribution is -0.137. The van der Waals surface area contributed by atoms with Crippen LogP contribution in [-0.4, -0.2) is 40.8 Å². The summed E-state index contributed by atoms with van der Waals surface area (Å²) in [6.45, 7) is 6.05. The first-order valence-corrected chi connectivity index (χ1v) is 3.60. The van der Waals surface area contributed by atoms with E-state index in [0.29, 0.717) is 0 Å². The van der Waals surface area contributed by atoms with Crippen LogP contribution in [0.4, 0.5) is 0 Å². The quantitative estimate of drug-likeness (QED) is 0.432. The van der Waals surface area contributed by atoms with E-state index in [-0.39, 0.29) is 5.57 Å². The predicted octanol–water partition coefficient (Wildman–Crippen LogP) is -0.0209. The summed E-state index contributed by atoms with van der Waals surface area (Å²) in [5, 5.41) is 24.8. The molecule has 0 fully saturated rings. The minimum atomic E-state index is -1.04.